The SMILES string of the molecule is C[C@H]1CSC[C@@]1(C)O. The molecular formula is C6H12OS. The van der Waals surface area contributed by atoms with Crippen molar-refractivity contribution in [1.82, 2.24) is 0 Å². The van der Waals surface area contributed by atoms with Crippen molar-refractivity contribution >= 4 is 11.8 Å². The van der Waals surface area contributed by atoms with E-state index in [9.17, 15) is 5.11 Å². The third-order valence-corrected chi connectivity index (χ3v) is 3.35. The Bertz CT molecular complexity index is 90.5. The highest BCUT2D eigenvalue weighted by Crippen LogP contribution is 2.32. The molecule has 2 atom stereocenters. The van der Waals surface area contributed by atoms with Crippen LogP contribution in [0.25, 0.3) is 0 Å². The molecule has 0 spiro atoms. The molecule has 1 rings (SSSR count). The maximum absolute atomic E-state index is 9.44. The Kier molecular flexibility index (Phi) is 1.54. The summed E-state index contributed by atoms with van der Waals surface area (Å²) in [5.41, 5.74) is -0.384. The lowest BCUT2D eigenvalue weighted by Crippen LogP contribution is -2.30. The van der Waals surface area contributed by atoms with Crippen LogP contribution in [0.15, 0.2) is 0 Å². The summed E-state index contributed by atoms with van der Waals surface area (Å²) in [4.78, 5) is 0. The smallest absolute Gasteiger partial charge is 0.0743 e. The summed E-state index contributed by atoms with van der Waals surface area (Å²) in [5.74, 6) is 2.51. The molecule has 1 heterocycles. The van der Waals surface area contributed by atoms with E-state index in [2.05, 4.69) is 6.92 Å². The van der Waals surface area contributed by atoms with Gasteiger partial charge in [0, 0.05) is 5.75 Å². The molecule has 1 nitrogen and oxygen atoms in total. The normalized spacial score (nSPS) is 47.6. The fraction of sp³-hybridized carbons (Fsp3) is 1.00. The largest absolute Gasteiger partial charge is 0.389 e. The summed E-state index contributed by atoms with van der Waals surface area (Å²) in [6, 6.07) is 0. The van der Waals surface area contributed by atoms with Crippen LogP contribution in [0.2, 0.25) is 0 Å². The lowest BCUT2D eigenvalue weighted by atomic mass is 9.95. The van der Waals surface area contributed by atoms with Gasteiger partial charge in [-0.3, -0.25) is 0 Å². The molecule has 1 aliphatic rings. The minimum atomic E-state index is -0.384. The zero-order valence-electron chi connectivity index (χ0n) is 5.35. The monoisotopic (exact) mass is 132 g/mol. The molecule has 0 saturated carbocycles. The quantitative estimate of drug-likeness (QED) is 0.533. The molecule has 0 aromatic heterocycles. The average Bonchev–Trinajstić information content (AvgIpc) is 1.86. The fourth-order valence-corrected chi connectivity index (χ4v) is 2.29. The summed E-state index contributed by atoms with van der Waals surface area (Å²) >= 11 is 1.84. The molecule has 0 aromatic rings. The topological polar surface area (TPSA) is 20.2 Å². The first-order chi connectivity index (χ1) is 3.63. The average molecular weight is 132 g/mol. The Morgan fingerprint density at radius 3 is 2.50 bits per heavy atom. The van der Waals surface area contributed by atoms with Crippen LogP contribution in [0, 0.1) is 5.92 Å². The van der Waals surface area contributed by atoms with Crippen LogP contribution in [0.3, 0.4) is 0 Å². The highest BCUT2D eigenvalue weighted by atomic mass is 32.2. The lowest BCUT2D eigenvalue weighted by molar-refractivity contribution is 0.0469. The highest BCUT2D eigenvalue weighted by molar-refractivity contribution is 7.99. The van der Waals surface area contributed by atoms with Gasteiger partial charge in [0.25, 0.3) is 0 Å². The Morgan fingerprint density at radius 2 is 2.38 bits per heavy atom. The van der Waals surface area contributed by atoms with E-state index in [1.807, 2.05) is 18.7 Å². The van der Waals surface area contributed by atoms with Crippen molar-refractivity contribution in [2.24, 2.45) is 5.92 Å². The second-order valence-electron chi connectivity index (χ2n) is 2.77. The summed E-state index contributed by atoms with van der Waals surface area (Å²) < 4.78 is 0. The van der Waals surface area contributed by atoms with Gasteiger partial charge in [-0.1, -0.05) is 6.92 Å². The molecule has 0 aliphatic carbocycles. The first kappa shape index (κ1) is 6.43. The molecular weight excluding hydrogens is 120 g/mol. The van der Waals surface area contributed by atoms with Gasteiger partial charge in [0.15, 0.2) is 0 Å². The molecule has 8 heavy (non-hydrogen) atoms. The minimum Gasteiger partial charge on any atom is -0.389 e. The minimum absolute atomic E-state index is 0.384. The number of thioether (sulfide) groups is 1. The maximum atomic E-state index is 9.44. The molecule has 1 fully saturated rings. The molecule has 1 N–H and O–H groups in total. The number of hydrogen-bond acceptors (Lipinski definition) is 2. The summed E-state index contributed by atoms with van der Waals surface area (Å²) in [7, 11) is 0. The van der Waals surface area contributed by atoms with Gasteiger partial charge in [0.1, 0.15) is 0 Å². The number of hydrogen-bond donors (Lipinski definition) is 1. The van der Waals surface area contributed by atoms with Crippen LogP contribution in [0.1, 0.15) is 13.8 Å². The second kappa shape index (κ2) is 1.92. The van der Waals surface area contributed by atoms with Gasteiger partial charge in [0.05, 0.1) is 5.60 Å². The van der Waals surface area contributed by atoms with E-state index < -0.39 is 0 Å². The van der Waals surface area contributed by atoms with E-state index in [0.717, 1.165) is 11.5 Å². The second-order valence-corrected chi connectivity index (χ2v) is 3.80. The molecule has 0 amide bonds. The van der Waals surface area contributed by atoms with E-state index in [-0.39, 0.29) is 5.60 Å². The van der Waals surface area contributed by atoms with Crippen molar-refractivity contribution in [3.8, 4) is 0 Å². The van der Waals surface area contributed by atoms with Crippen LogP contribution in [-0.2, 0) is 0 Å². The predicted octanol–water partition coefficient (Wildman–Crippen LogP) is 1.12. The van der Waals surface area contributed by atoms with Crippen LogP contribution in [-0.4, -0.2) is 22.2 Å². The molecule has 1 aliphatic heterocycles. The number of aliphatic hydroxyl groups is 1. The van der Waals surface area contributed by atoms with Crippen molar-refractivity contribution in [3.63, 3.8) is 0 Å². The lowest BCUT2D eigenvalue weighted by Gasteiger charge is -2.19. The van der Waals surface area contributed by atoms with Crippen LogP contribution >= 0.6 is 11.8 Å². The van der Waals surface area contributed by atoms with E-state index in [4.69, 9.17) is 0 Å². The molecule has 0 aromatic carbocycles. The first-order valence-corrected chi connectivity index (χ1v) is 4.08. The Labute approximate surface area is 54.5 Å². The van der Waals surface area contributed by atoms with Gasteiger partial charge in [0.2, 0.25) is 0 Å². The first-order valence-electron chi connectivity index (χ1n) is 2.93. The molecule has 0 radical (unpaired) electrons. The molecule has 1 saturated heterocycles. The molecule has 0 bridgehead atoms. The summed E-state index contributed by atoms with van der Waals surface area (Å²) in [6.45, 7) is 4.01. The molecule has 2 heteroatoms. The van der Waals surface area contributed by atoms with Crippen molar-refractivity contribution < 1.29 is 5.11 Å². The Balaban J connectivity index is 2.54. The zero-order chi connectivity index (χ0) is 6.20. The third-order valence-electron chi connectivity index (χ3n) is 1.82. The van der Waals surface area contributed by atoms with Gasteiger partial charge < -0.3 is 5.11 Å². The van der Waals surface area contributed by atoms with Gasteiger partial charge in [-0.05, 0) is 18.6 Å². The van der Waals surface area contributed by atoms with E-state index in [0.29, 0.717) is 5.92 Å². The Morgan fingerprint density at radius 1 is 1.75 bits per heavy atom. The van der Waals surface area contributed by atoms with Crippen molar-refractivity contribution in [1.29, 1.82) is 0 Å². The highest BCUT2D eigenvalue weighted by Gasteiger charge is 2.33. The van der Waals surface area contributed by atoms with Gasteiger partial charge in [-0.15, -0.1) is 0 Å². The Hall–Kier alpha value is 0.310. The van der Waals surface area contributed by atoms with Crippen LogP contribution in [0.4, 0.5) is 0 Å². The summed E-state index contributed by atoms with van der Waals surface area (Å²) in [6.07, 6.45) is 0. The molecule has 0 unspecified atom stereocenters. The third kappa shape index (κ3) is 1.00. The van der Waals surface area contributed by atoms with E-state index >= 15 is 0 Å². The predicted molar refractivity (Wildman–Crippen MR) is 37.1 cm³/mol. The van der Waals surface area contributed by atoms with E-state index in [1.165, 1.54) is 0 Å². The van der Waals surface area contributed by atoms with Gasteiger partial charge in [-0.25, -0.2) is 0 Å². The standard InChI is InChI=1S/C6H12OS/c1-5-3-8-4-6(5,2)7/h5,7H,3-4H2,1-2H3/t5-,6+/m0/s1. The van der Waals surface area contributed by atoms with Crippen molar-refractivity contribution in [3.05, 3.63) is 0 Å². The van der Waals surface area contributed by atoms with Crippen molar-refractivity contribution in [2.75, 3.05) is 11.5 Å². The van der Waals surface area contributed by atoms with Gasteiger partial charge >= 0.3 is 0 Å². The molecule has 48 valence electrons. The zero-order valence-corrected chi connectivity index (χ0v) is 6.16. The summed E-state index contributed by atoms with van der Waals surface area (Å²) in [5, 5.41) is 9.44. The number of rotatable bonds is 0. The van der Waals surface area contributed by atoms with Crippen molar-refractivity contribution in [2.45, 2.75) is 19.4 Å². The van der Waals surface area contributed by atoms with Crippen LogP contribution in [0.5, 0.6) is 0 Å². The van der Waals surface area contributed by atoms with Gasteiger partial charge in [-0.2, -0.15) is 11.8 Å². The fourth-order valence-electron chi connectivity index (χ4n) is 0.764. The van der Waals surface area contributed by atoms with E-state index in [1.54, 1.807) is 0 Å². The maximum Gasteiger partial charge on any atom is 0.0743 e. The van der Waals surface area contributed by atoms with Crippen LogP contribution < -0.4 is 0 Å².